The van der Waals surface area contributed by atoms with Gasteiger partial charge in [0.25, 0.3) is 0 Å². The minimum absolute atomic E-state index is 0.0521. The molecule has 2 rings (SSSR count). The molecule has 88 valence electrons. The van der Waals surface area contributed by atoms with Gasteiger partial charge in [0.1, 0.15) is 0 Å². The van der Waals surface area contributed by atoms with E-state index in [0.717, 1.165) is 24.1 Å². The maximum absolute atomic E-state index is 6.14. The van der Waals surface area contributed by atoms with Crippen molar-refractivity contribution in [2.24, 2.45) is 5.73 Å². The van der Waals surface area contributed by atoms with E-state index in [9.17, 15) is 0 Å². The van der Waals surface area contributed by atoms with Gasteiger partial charge in [-0.25, -0.2) is 0 Å². The van der Waals surface area contributed by atoms with Gasteiger partial charge < -0.3 is 5.73 Å². The van der Waals surface area contributed by atoms with Gasteiger partial charge in [-0.05, 0) is 49.1 Å². The SMILES string of the molecule is Cc1ccc(C(N)CCc2ccncc2)cn1. The van der Waals surface area contributed by atoms with Crippen molar-refractivity contribution < 1.29 is 0 Å². The molecule has 2 heterocycles. The molecule has 2 aromatic rings. The van der Waals surface area contributed by atoms with Gasteiger partial charge >= 0.3 is 0 Å². The highest BCUT2D eigenvalue weighted by molar-refractivity contribution is 5.18. The highest BCUT2D eigenvalue weighted by Gasteiger charge is 2.06. The predicted octanol–water partition coefficient (Wildman–Crippen LogP) is 2.42. The van der Waals surface area contributed by atoms with Crippen LogP contribution in [-0.4, -0.2) is 9.97 Å². The Kier molecular flexibility index (Phi) is 3.83. The second-order valence-corrected chi connectivity index (χ2v) is 4.23. The van der Waals surface area contributed by atoms with Crippen molar-refractivity contribution >= 4 is 0 Å². The van der Waals surface area contributed by atoms with Gasteiger partial charge in [0.15, 0.2) is 0 Å². The number of hydrogen-bond donors (Lipinski definition) is 1. The maximum Gasteiger partial charge on any atom is 0.0372 e. The Labute approximate surface area is 102 Å². The molecule has 3 heteroatoms. The van der Waals surface area contributed by atoms with Crippen LogP contribution < -0.4 is 5.73 Å². The number of nitrogens with zero attached hydrogens (tertiary/aromatic N) is 2. The smallest absolute Gasteiger partial charge is 0.0372 e. The molecule has 0 fully saturated rings. The Balaban J connectivity index is 1.93. The second kappa shape index (κ2) is 5.55. The molecule has 0 spiro atoms. The van der Waals surface area contributed by atoms with E-state index in [1.807, 2.05) is 43.7 Å². The molecular weight excluding hydrogens is 210 g/mol. The molecule has 0 amide bonds. The van der Waals surface area contributed by atoms with Crippen molar-refractivity contribution in [2.45, 2.75) is 25.8 Å². The van der Waals surface area contributed by atoms with Crippen LogP contribution in [0.15, 0.2) is 42.9 Å². The summed E-state index contributed by atoms with van der Waals surface area (Å²) in [5.74, 6) is 0. The first-order valence-electron chi connectivity index (χ1n) is 5.83. The summed E-state index contributed by atoms with van der Waals surface area (Å²) in [6.07, 6.45) is 7.39. The number of hydrogen-bond acceptors (Lipinski definition) is 3. The Bertz CT molecular complexity index is 451. The van der Waals surface area contributed by atoms with Gasteiger partial charge in [0.05, 0.1) is 0 Å². The monoisotopic (exact) mass is 227 g/mol. The van der Waals surface area contributed by atoms with Crippen LogP contribution in [0.1, 0.15) is 29.3 Å². The molecule has 2 N–H and O–H groups in total. The lowest BCUT2D eigenvalue weighted by atomic mass is 10.0. The van der Waals surface area contributed by atoms with E-state index < -0.39 is 0 Å². The van der Waals surface area contributed by atoms with Gasteiger partial charge in [0.2, 0.25) is 0 Å². The molecule has 0 saturated heterocycles. The van der Waals surface area contributed by atoms with Crippen LogP contribution in [0.4, 0.5) is 0 Å². The first-order valence-corrected chi connectivity index (χ1v) is 5.83. The Morgan fingerprint density at radius 2 is 1.94 bits per heavy atom. The summed E-state index contributed by atoms with van der Waals surface area (Å²) in [5, 5.41) is 0. The van der Waals surface area contributed by atoms with E-state index >= 15 is 0 Å². The van der Waals surface area contributed by atoms with Crippen LogP contribution in [0.25, 0.3) is 0 Å². The molecule has 2 aromatic heterocycles. The van der Waals surface area contributed by atoms with Crippen molar-refractivity contribution in [3.05, 3.63) is 59.7 Å². The first-order chi connectivity index (χ1) is 8.25. The fourth-order valence-corrected chi connectivity index (χ4v) is 1.74. The van der Waals surface area contributed by atoms with E-state index in [1.165, 1.54) is 5.56 Å². The van der Waals surface area contributed by atoms with Gasteiger partial charge in [0, 0.05) is 30.3 Å². The minimum Gasteiger partial charge on any atom is -0.324 e. The average molecular weight is 227 g/mol. The quantitative estimate of drug-likeness (QED) is 0.872. The topological polar surface area (TPSA) is 51.8 Å². The molecule has 0 aliphatic heterocycles. The van der Waals surface area contributed by atoms with Crippen molar-refractivity contribution in [1.29, 1.82) is 0 Å². The van der Waals surface area contributed by atoms with Gasteiger partial charge in [-0.3, -0.25) is 9.97 Å². The summed E-state index contributed by atoms with van der Waals surface area (Å²) < 4.78 is 0. The predicted molar refractivity (Wildman–Crippen MR) is 68.5 cm³/mol. The molecule has 1 unspecified atom stereocenters. The standard InChI is InChI=1S/C14H17N3/c1-11-2-4-13(10-17-11)14(15)5-3-12-6-8-16-9-7-12/h2,4,6-10,14H,3,5,15H2,1H3. The Morgan fingerprint density at radius 1 is 1.18 bits per heavy atom. The molecule has 1 atom stereocenters. The second-order valence-electron chi connectivity index (χ2n) is 4.23. The lowest BCUT2D eigenvalue weighted by molar-refractivity contribution is 0.648. The fourth-order valence-electron chi connectivity index (χ4n) is 1.74. The van der Waals surface area contributed by atoms with E-state index in [0.29, 0.717) is 0 Å². The van der Waals surface area contributed by atoms with E-state index in [4.69, 9.17) is 5.73 Å². The van der Waals surface area contributed by atoms with Gasteiger partial charge in [-0.1, -0.05) is 6.07 Å². The third kappa shape index (κ3) is 3.36. The average Bonchev–Trinajstić information content (AvgIpc) is 2.38. The van der Waals surface area contributed by atoms with Crippen LogP contribution in [-0.2, 0) is 6.42 Å². The lowest BCUT2D eigenvalue weighted by Gasteiger charge is -2.11. The number of rotatable bonds is 4. The summed E-state index contributed by atoms with van der Waals surface area (Å²) in [6.45, 7) is 1.98. The molecule has 0 aliphatic carbocycles. The molecule has 0 saturated carbocycles. The zero-order valence-electron chi connectivity index (χ0n) is 10.0. The summed E-state index contributed by atoms with van der Waals surface area (Å²) in [7, 11) is 0. The maximum atomic E-state index is 6.14. The van der Waals surface area contributed by atoms with E-state index in [-0.39, 0.29) is 6.04 Å². The zero-order valence-corrected chi connectivity index (χ0v) is 10.0. The minimum atomic E-state index is 0.0521. The molecule has 3 nitrogen and oxygen atoms in total. The first kappa shape index (κ1) is 11.7. The summed E-state index contributed by atoms with van der Waals surface area (Å²) in [5.41, 5.74) is 9.54. The summed E-state index contributed by atoms with van der Waals surface area (Å²) in [6, 6.07) is 8.16. The highest BCUT2D eigenvalue weighted by Crippen LogP contribution is 2.15. The van der Waals surface area contributed by atoms with Crippen LogP contribution in [0.5, 0.6) is 0 Å². The van der Waals surface area contributed by atoms with Crippen LogP contribution in [0, 0.1) is 6.92 Å². The number of nitrogens with two attached hydrogens (primary N) is 1. The van der Waals surface area contributed by atoms with Crippen LogP contribution in [0.3, 0.4) is 0 Å². The summed E-state index contributed by atoms with van der Waals surface area (Å²) >= 11 is 0. The normalized spacial score (nSPS) is 12.4. The Morgan fingerprint density at radius 3 is 2.59 bits per heavy atom. The van der Waals surface area contributed by atoms with Crippen LogP contribution in [0.2, 0.25) is 0 Å². The van der Waals surface area contributed by atoms with Crippen molar-refractivity contribution in [1.82, 2.24) is 9.97 Å². The third-order valence-electron chi connectivity index (χ3n) is 2.86. The zero-order chi connectivity index (χ0) is 12.1. The molecule has 0 aromatic carbocycles. The van der Waals surface area contributed by atoms with Gasteiger partial charge in [-0.2, -0.15) is 0 Å². The highest BCUT2D eigenvalue weighted by atomic mass is 14.7. The van der Waals surface area contributed by atoms with Crippen molar-refractivity contribution in [3.63, 3.8) is 0 Å². The van der Waals surface area contributed by atoms with Crippen molar-refractivity contribution in [2.75, 3.05) is 0 Å². The van der Waals surface area contributed by atoms with Crippen molar-refractivity contribution in [3.8, 4) is 0 Å². The van der Waals surface area contributed by atoms with E-state index in [1.54, 1.807) is 0 Å². The number of pyridine rings is 2. The molecule has 0 aliphatic rings. The Hall–Kier alpha value is -1.74. The molecule has 0 radical (unpaired) electrons. The largest absolute Gasteiger partial charge is 0.324 e. The lowest BCUT2D eigenvalue weighted by Crippen LogP contribution is -2.11. The third-order valence-corrected chi connectivity index (χ3v) is 2.86. The molecule has 0 bridgehead atoms. The molecule has 17 heavy (non-hydrogen) atoms. The van der Waals surface area contributed by atoms with E-state index in [2.05, 4.69) is 16.0 Å². The number of aromatic nitrogens is 2. The fraction of sp³-hybridized carbons (Fsp3) is 0.286. The summed E-state index contributed by atoms with van der Waals surface area (Å²) in [4.78, 5) is 8.26. The van der Waals surface area contributed by atoms with Crippen LogP contribution >= 0.6 is 0 Å². The number of aryl methyl sites for hydroxylation is 2. The molecular formula is C14H17N3. The van der Waals surface area contributed by atoms with Gasteiger partial charge in [-0.15, -0.1) is 0 Å².